The molecule has 0 saturated carbocycles. The summed E-state index contributed by atoms with van der Waals surface area (Å²) in [7, 11) is 0. The molecule has 0 saturated heterocycles. The summed E-state index contributed by atoms with van der Waals surface area (Å²) in [5.41, 5.74) is 0.752. The van der Waals surface area contributed by atoms with Crippen LogP contribution in [0, 0.1) is 11.3 Å². The normalized spacial score (nSPS) is 18.5. The van der Waals surface area contributed by atoms with Gasteiger partial charge in [0.2, 0.25) is 0 Å². The van der Waals surface area contributed by atoms with Crippen LogP contribution in [-0.4, -0.2) is 22.8 Å². The third-order valence-electron chi connectivity index (χ3n) is 2.15. The smallest absolute Gasteiger partial charge is 0.258 e. The average molecular weight is 218 g/mol. The molecule has 0 aliphatic carbocycles. The van der Waals surface area contributed by atoms with E-state index in [9.17, 15) is 4.79 Å². The van der Waals surface area contributed by atoms with Gasteiger partial charge in [-0.2, -0.15) is 5.26 Å². The standard InChI is InChI=1S/C10H10N4O2/c1-6-2-9(14-16-6)13-10(15)7-3-8(4-11)12-5-7/h3,5-6,12H,2H2,1H3,(H,13,14,15). The Kier molecular flexibility index (Phi) is 2.60. The highest BCUT2D eigenvalue weighted by Gasteiger charge is 2.19. The molecule has 1 unspecified atom stereocenters. The van der Waals surface area contributed by atoms with Crippen molar-refractivity contribution in [3.8, 4) is 6.07 Å². The lowest BCUT2D eigenvalue weighted by atomic mass is 10.2. The third kappa shape index (κ3) is 2.03. The fourth-order valence-corrected chi connectivity index (χ4v) is 1.37. The monoisotopic (exact) mass is 218 g/mol. The lowest BCUT2D eigenvalue weighted by Crippen LogP contribution is -2.29. The van der Waals surface area contributed by atoms with E-state index in [1.165, 1.54) is 12.3 Å². The van der Waals surface area contributed by atoms with Crippen molar-refractivity contribution in [2.75, 3.05) is 0 Å². The number of hydrogen-bond acceptors (Lipinski definition) is 4. The summed E-state index contributed by atoms with van der Waals surface area (Å²) in [6.45, 7) is 1.87. The van der Waals surface area contributed by atoms with Crippen LogP contribution in [0.1, 0.15) is 29.4 Å². The van der Waals surface area contributed by atoms with Gasteiger partial charge in [-0.15, -0.1) is 0 Å². The maximum Gasteiger partial charge on any atom is 0.258 e. The first-order valence-electron chi connectivity index (χ1n) is 4.81. The first-order valence-corrected chi connectivity index (χ1v) is 4.81. The van der Waals surface area contributed by atoms with Crippen LogP contribution >= 0.6 is 0 Å². The number of H-pyrrole nitrogens is 1. The molecule has 82 valence electrons. The summed E-state index contributed by atoms with van der Waals surface area (Å²) in [4.78, 5) is 19.3. The van der Waals surface area contributed by atoms with Gasteiger partial charge in [-0.05, 0) is 13.0 Å². The van der Waals surface area contributed by atoms with Crippen LogP contribution in [0.4, 0.5) is 0 Å². The molecular weight excluding hydrogens is 208 g/mol. The zero-order valence-electron chi connectivity index (χ0n) is 8.65. The molecule has 1 aromatic heterocycles. The maximum atomic E-state index is 11.7. The Labute approximate surface area is 91.9 Å². The highest BCUT2D eigenvalue weighted by atomic mass is 16.6. The number of nitrogens with zero attached hydrogens (tertiary/aromatic N) is 2. The summed E-state index contributed by atoms with van der Waals surface area (Å²) in [5, 5.41) is 14.9. The van der Waals surface area contributed by atoms with E-state index in [1.807, 2.05) is 13.0 Å². The van der Waals surface area contributed by atoms with Crippen molar-refractivity contribution in [3.05, 3.63) is 23.5 Å². The molecule has 6 nitrogen and oxygen atoms in total. The Morgan fingerprint density at radius 2 is 2.62 bits per heavy atom. The predicted molar refractivity (Wildman–Crippen MR) is 55.6 cm³/mol. The van der Waals surface area contributed by atoms with Crippen molar-refractivity contribution in [1.82, 2.24) is 10.3 Å². The van der Waals surface area contributed by atoms with Crippen LogP contribution in [-0.2, 0) is 4.84 Å². The summed E-state index contributed by atoms with van der Waals surface area (Å²) in [6, 6.07) is 3.39. The van der Waals surface area contributed by atoms with E-state index in [0.717, 1.165) is 0 Å². The largest absolute Gasteiger partial charge is 0.391 e. The molecule has 0 spiro atoms. The van der Waals surface area contributed by atoms with Crippen LogP contribution in [0.3, 0.4) is 0 Å². The molecular formula is C10H10N4O2. The first-order chi connectivity index (χ1) is 7.69. The van der Waals surface area contributed by atoms with Gasteiger partial charge in [0, 0.05) is 12.6 Å². The van der Waals surface area contributed by atoms with E-state index in [2.05, 4.69) is 15.5 Å². The molecule has 0 aromatic carbocycles. The predicted octanol–water partition coefficient (Wildman–Crippen LogP) is 0.738. The number of amides is 1. The van der Waals surface area contributed by atoms with Crippen molar-refractivity contribution >= 4 is 11.7 Å². The number of hydrogen-bond donors (Lipinski definition) is 2. The minimum Gasteiger partial charge on any atom is -0.391 e. The number of aromatic amines is 1. The maximum absolute atomic E-state index is 11.7. The fraction of sp³-hybridized carbons (Fsp3) is 0.300. The zero-order chi connectivity index (χ0) is 11.5. The van der Waals surface area contributed by atoms with Gasteiger partial charge in [0.05, 0.1) is 5.56 Å². The van der Waals surface area contributed by atoms with Gasteiger partial charge in [0.25, 0.3) is 5.91 Å². The second-order valence-corrected chi connectivity index (χ2v) is 3.53. The molecule has 1 atom stereocenters. The summed E-state index contributed by atoms with van der Waals surface area (Å²) < 4.78 is 0. The molecule has 1 aliphatic rings. The van der Waals surface area contributed by atoms with Gasteiger partial charge in [-0.3, -0.25) is 4.79 Å². The first kappa shape index (κ1) is 10.2. The van der Waals surface area contributed by atoms with E-state index in [4.69, 9.17) is 10.1 Å². The van der Waals surface area contributed by atoms with Crippen LogP contribution in [0.5, 0.6) is 0 Å². The van der Waals surface area contributed by atoms with Crippen molar-refractivity contribution in [2.45, 2.75) is 19.4 Å². The van der Waals surface area contributed by atoms with Crippen LogP contribution in [0.2, 0.25) is 0 Å². The summed E-state index contributed by atoms with van der Waals surface area (Å²) in [6.07, 6.45) is 2.06. The highest BCUT2D eigenvalue weighted by Crippen LogP contribution is 2.08. The Morgan fingerprint density at radius 1 is 1.81 bits per heavy atom. The Hall–Kier alpha value is -2.29. The number of rotatable bonds is 1. The summed E-state index contributed by atoms with van der Waals surface area (Å²) in [5.74, 6) is 0.214. The number of nitrogens with one attached hydrogen (secondary N) is 2. The minimum absolute atomic E-state index is 0.00352. The number of oxime groups is 1. The molecule has 0 bridgehead atoms. The van der Waals surface area contributed by atoms with Crippen molar-refractivity contribution in [2.24, 2.45) is 5.16 Å². The summed E-state index contributed by atoms with van der Waals surface area (Å²) >= 11 is 0. The van der Waals surface area contributed by atoms with Gasteiger partial charge in [0.1, 0.15) is 17.9 Å². The van der Waals surface area contributed by atoms with E-state index < -0.39 is 0 Å². The Morgan fingerprint density at radius 3 is 3.19 bits per heavy atom. The van der Waals surface area contributed by atoms with Gasteiger partial charge in [0.15, 0.2) is 5.84 Å². The third-order valence-corrected chi connectivity index (χ3v) is 2.15. The van der Waals surface area contributed by atoms with Gasteiger partial charge in [-0.25, -0.2) is 0 Å². The molecule has 2 N–H and O–H groups in total. The lowest BCUT2D eigenvalue weighted by molar-refractivity contribution is 0.0967. The lowest BCUT2D eigenvalue weighted by Gasteiger charge is -2.00. The number of carbonyl (C=O) groups excluding carboxylic acids is 1. The molecule has 0 radical (unpaired) electrons. The Balaban J connectivity index is 2.01. The number of carbonyl (C=O) groups is 1. The molecule has 2 heterocycles. The zero-order valence-corrected chi connectivity index (χ0v) is 8.65. The van der Waals surface area contributed by atoms with Gasteiger partial charge in [-0.1, -0.05) is 5.16 Å². The Bertz CT molecular complexity index is 483. The van der Waals surface area contributed by atoms with E-state index in [-0.39, 0.29) is 12.0 Å². The molecule has 1 aromatic rings. The van der Waals surface area contributed by atoms with Crippen LogP contribution in [0.15, 0.2) is 17.4 Å². The molecule has 1 aliphatic heterocycles. The molecule has 0 fully saturated rings. The number of nitriles is 1. The second kappa shape index (κ2) is 4.06. The SMILES string of the molecule is CC1CC(NC(=O)c2c[nH]c(C#N)c2)=NO1. The highest BCUT2D eigenvalue weighted by molar-refractivity contribution is 6.06. The van der Waals surface area contributed by atoms with Gasteiger partial charge < -0.3 is 15.1 Å². The average Bonchev–Trinajstić information content (AvgIpc) is 2.87. The quantitative estimate of drug-likeness (QED) is 0.728. The number of aromatic nitrogens is 1. The van der Waals surface area contributed by atoms with Crippen LogP contribution in [0.25, 0.3) is 0 Å². The van der Waals surface area contributed by atoms with Crippen molar-refractivity contribution in [3.63, 3.8) is 0 Å². The van der Waals surface area contributed by atoms with E-state index >= 15 is 0 Å². The topological polar surface area (TPSA) is 90.3 Å². The molecule has 2 rings (SSSR count). The van der Waals surface area contributed by atoms with E-state index in [1.54, 1.807) is 0 Å². The molecule has 1 amide bonds. The van der Waals surface area contributed by atoms with Crippen LogP contribution < -0.4 is 5.32 Å². The van der Waals surface area contributed by atoms with Gasteiger partial charge >= 0.3 is 0 Å². The van der Waals surface area contributed by atoms with E-state index in [0.29, 0.717) is 23.5 Å². The van der Waals surface area contributed by atoms with Crippen molar-refractivity contribution < 1.29 is 9.63 Å². The molecule has 16 heavy (non-hydrogen) atoms. The number of amidine groups is 1. The molecule has 6 heteroatoms. The van der Waals surface area contributed by atoms with Crippen molar-refractivity contribution in [1.29, 1.82) is 5.26 Å². The second-order valence-electron chi connectivity index (χ2n) is 3.53. The fourth-order valence-electron chi connectivity index (χ4n) is 1.37. The minimum atomic E-state index is -0.297.